The zero-order valence-electron chi connectivity index (χ0n) is 14.4. The maximum absolute atomic E-state index is 12.6. The Balaban J connectivity index is 2.07. The number of rotatable bonds is 4. The Morgan fingerprint density at radius 1 is 1.29 bits per heavy atom. The lowest BCUT2D eigenvalue weighted by atomic mass is 10.1. The second-order valence-corrected chi connectivity index (χ2v) is 7.12. The van der Waals surface area contributed by atoms with Crippen molar-refractivity contribution in [2.24, 2.45) is 0 Å². The molecule has 1 aliphatic heterocycles. The second-order valence-electron chi connectivity index (χ2n) is 5.89. The molecule has 9 heteroatoms. The van der Waals surface area contributed by atoms with Gasteiger partial charge in [-0.15, -0.1) is 6.58 Å². The van der Waals surface area contributed by atoms with Crippen LogP contribution in [-0.4, -0.2) is 39.3 Å². The summed E-state index contributed by atoms with van der Waals surface area (Å²) in [4.78, 5) is 25.4. The Morgan fingerprint density at radius 2 is 2.04 bits per heavy atom. The van der Waals surface area contributed by atoms with Crippen molar-refractivity contribution >= 4 is 53.4 Å². The van der Waals surface area contributed by atoms with Gasteiger partial charge in [0.1, 0.15) is 4.64 Å². The SMILES string of the molecule is C=CCN1C(=O)NC(O)C(=Cc2cccn(-c3ccc(Cl)cc3Cl)c2=S)C1=O. The minimum atomic E-state index is -1.44. The number of benzene rings is 1. The molecule has 1 saturated heterocycles. The van der Waals surface area contributed by atoms with Gasteiger partial charge in [-0.3, -0.25) is 9.69 Å². The van der Waals surface area contributed by atoms with Crippen molar-refractivity contribution in [1.29, 1.82) is 0 Å². The lowest BCUT2D eigenvalue weighted by Gasteiger charge is -2.30. The minimum absolute atomic E-state index is 0.00694. The van der Waals surface area contributed by atoms with Gasteiger partial charge in [-0.2, -0.15) is 0 Å². The monoisotopic (exact) mass is 435 g/mol. The van der Waals surface area contributed by atoms with Crippen molar-refractivity contribution < 1.29 is 14.7 Å². The number of hydrogen-bond donors (Lipinski definition) is 2. The maximum Gasteiger partial charge on any atom is 0.326 e. The Hall–Kier alpha value is -2.45. The summed E-state index contributed by atoms with van der Waals surface area (Å²) in [7, 11) is 0. The van der Waals surface area contributed by atoms with Crippen LogP contribution >= 0.6 is 35.4 Å². The molecule has 3 rings (SSSR count). The fourth-order valence-electron chi connectivity index (χ4n) is 2.73. The van der Waals surface area contributed by atoms with E-state index < -0.39 is 18.2 Å². The molecule has 2 N–H and O–H groups in total. The van der Waals surface area contributed by atoms with E-state index in [2.05, 4.69) is 11.9 Å². The van der Waals surface area contributed by atoms with E-state index in [0.717, 1.165) is 4.90 Å². The molecule has 6 nitrogen and oxygen atoms in total. The van der Waals surface area contributed by atoms with Gasteiger partial charge in [0, 0.05) is 23.3 Å². The predicted molar refractivity (Wildman–Crippen MR) is 111 cm³/mol. The molecular weight excluding hydrogens is 421 g/mol. The van der Waals surface area contributed by atoms with Crippen molar-refractivity contribution in [2.75, 3.05) is 6.54 Å². The number of aromatic nitrogens is 1. The summed E-state index contributed by atoms with van der Waals surface area (Å²) in [5, 5.41) is 13.4. The molecular formula is C19H15Cl2N3O3S. The molecule has 1 atom stereocenters. The largest absolute Gasteiger partial charge is 0.369 e. The van der Waals surface area contributed by atoms with E-state index >= 15 is 0 Å². The van der Waals surface area contributed by atoms with E-state index in [0.29, 0.717) is 25.9 Å². The van der Waals surface area contributed by atoms with Crippen molar-refractivity contribution in [3.63, 3.8) is 0 Å². The first-order chi connectivity index (χ1) is 13.3. The fraction of sp³-hybridized carbons (Fsp3) is 0.105. The predicted octanol–water partition coefficient (Wildman–Crippen LogP) is 3.95. The van der Waals surface area contributed by atoms with Crippen LogP contribution in [-0.2, 0) is 4.79 Å². The highest BCUT2D eigenvalue weighted by molar-refractivity contribution is 7.71. The summed E-state index contributed by atoms with van der Waals surface area (Å²) in [6.07, 6.45) is 3.16. The van der Waals surface area contributed by atoms with Gasteiger partial charge in [-0.1, -0.05) is 47.6 Å². The molecule has 0 radical (unpaired) electrons. The third-order valence-electron chi connectivity index (χ3n) is 4.06. The van der Waals surface area contributed by atoms with E-state index in [-0.39, 0.29) is 12.1 Å². The number of aliphatic hydroxyl groups excluding tert-OH is 1. The van der Waals surface area contributed by atoms with Gasteiger partial charge in [-0.05, 0) is 30.3 Å². The third-order valence-corrected chi connectivity index (χ3v) is 5.03. The highest BCUT2D eigenvalue weighted by Gasteiger charge is 2.34. The number of nitrogens with one attached hydrogen (secondary N) is 1. The number of urea groups is 1. The first-order valence-electron chi connectivity index (χ1n) is 8.13. The Bertz CT molecular complexity index is 1060. The third kappa shape index (κ3) is 3.88. The van der Waals surface area contributed by atoms with E-state index in [1.807, 2.05) is 0 Å². The Labute approximate surface area is 176 Å². The molecule has 1 unspecified atom stereocenters. The van der Waals surface area contributed by atoms with E-state index in [4.69, 9.17) is 35.4 Å². The zero-order valence-corrected chi connectivity index (χ0v) is 16.8. The van der Waals surface area contributed by atoms with Gasteiger partial charge in [0.25, 0.3) is 5.91 Å². The van der Waals surface area contributed by atoms with Gasteiger partial charge in [0.15, 0.2) is 6.23 Å². The number of carbonyl (C=O) groups excluding carboxylic acids is 2. The van der Waals surface area contributed by atoms with Gasteiger partial charge in [0.2, 0.25) is 0 Å². The van der Waals surface area contributed by atoms with Crippen LogP contribution < -0.4 is 5.32 Å². The average molecular weight is 436 g/mol. The smallest absolute Gasteiger partial charge is 0.326 e. The number of carbonyl (C=O) groups is 2. The molecule has 0 saturated carbocycles. The van der Waals surface area contributed by atoms with Crippen LogP contribution in [0.25, 0.3) is 11.8 Å². The number of pyridine rings is 1. The Morgan fingerprint density at radius 3 is 2.71 bits per heavy atom. The van der Waals surface area contributed by atoms with Gasteiger partial charge >= 0.3 is 6.03 Å². The number of nitrogens with zero attached hydrogens (tertiary/aromatic N) is 2. The summed E-state index contributed by atoms with van der Waals surface area (Å²) in [6, 6.07) is 7.75. The van der Waals surface area contributed by atoms with Crippen molar-refractivity contribution in [2.45, 2.75) is 6.23 Å². The van der Waals surface area contributed by atoms with Crippen molar-refractivity contribution in [1.82, 2.24) is 14.8 Å². The topological polar surface area (TPSA) is 74.6 Å². The van der Waals surface area contributed by atoms with Crippen LogP contribution in [0.1, 0.15) is 5.56 Å². The first kappa shape index (κ1) is 20.3. The van der Waals surface area contributed by atoms with Crippen LogP contribution in [0.3, 0.4) is 0 Å². The number of imide groups is 1. The summed E-state index contributed by atoms with van der Waals surface area (Å²) in [5.74, 6) is -0.620. The first-order valence-corrected chi connectivity index (χ1v) is 9.30. The summed E-state index contributed by atoms with van der Waals surface area (Å²) >= 11 is 17.8. The molecule has 1 aromatic heterocycles. The molecule has 2 aromatic rings. The average Bonchev–Trinajstić information content (AvgIpc) is 2.64. The summed E-state index contributed by atoms with van der Waals surface area (Å²) in [5.41, 5.74) is 1.11. The quantitative estimate of drug-likeness (QED) is 0.433. The molecule has 1 fully saturated rings. The molecule has 3 amide bonds. The highest BCUT2D eigenvalue weighted by Crippen LogP contribution is 2.26. The normalized spacial score (nSPS) is 18.3. The second kappa shape index (κ2) is 8.28. The van der Waals surface area contributed by atoms with Gasteiger partial charge in [-0.25, -0.2) is 4.79 Å². The number of aliphatic hydroxyl groups is 1. The van der Waals surface area contributed by atoms with E-state index in [1.54, 1.807) is 41.1 Å². The fourth-order valence-corrected chi connectivity index (χ4v) is 3.51. The van der Waals surface area contributed by atoms with Gasteiger partial charge < -0.3 is 15.0 Å². The van der Waals surface area contributed by atoms with Crippen LogP contribution in [0.15, 0.2) is 54.8 Å². The molecule has 144 valence electrons. The number of amides is 3. The van der Waals surface area contributed by atoms with Gasteiger partial charge in [0.05, 0.1) is 16.3 Å². The van der Waals surface area contributed by atoms with E-state index in [9.17, 15) is 14.7 Å². The lowest BCUT2D eigenvalue weighted by molar-refractivity contribution is -0.126. The van der Waals surface area contributed by atoms with Crippen LogP contribution in [0, 0.1) is 4.64 Å². The molecule has 0 bridgehead atoms. The van der Waals surface area contributed by atoms with Crippen molar-refractivity contribution in [3.05, 3.63) is 75.0 Å². The molecule has 0 spiro atoms. The summed E-state index contributed by atoms with van der Waals surface area (Å²) < 4.78 is 2.03. The number of halogens is 2. The molecule has 1 aromatic carbocycles. The molecule has 2 heterocycles. The highest BCUT2D eigenvalue weighted by atomic mass is 35.5. The van der Waals surface area contributed by atoms with Crippen molar-refractivity contribution in [3.8, 4) is 5.69 Å². The molecule has 1 aliphatic rings. The Kier molecular flexibility index (Phi) is 6.00. The maximum atomic E-state index is 12.6. The standard InChI is InChI=1S/C19H15Cl2N3O3S/c1-2-7-24-17(26)13(16(25)22-19(24)27)9-11-4-3-8-23(18(11)28)15-6-5-12(20)10-14(15)21/h2-6,8-10,16,25H,1,7H2,(H,22,27). The van der Waals surface area contributed by atoms with E-state index in [1.165, 1.54) is 12.2 Å². The van der Waals surface area contributed by atoms with Crippen LogP contribution in [0.2, 0.25) is 10.0 Å². The minimum Gasteiger partial charge on any atom is -0.369 e. The number of hydrogen-bond acceptors (Lipinski definition) is 4. The zero-order chi connectivity index (χ0) is 20.4. The molecule has 0 aliphatic carbocycles. The van der Waals surface area contributed by atoms with Crippen LogP contribution in [0.5, 0.6) is 0 Å². The molecule has 28 heavy (non-hydrogen) atoms. The summed E-state index contributed by atoms with van der Waals surface area (Å²) in [6.45, 7) is 3.55. The lowest BCUT2D eigenvalue weighted by Crippen LogP contribution is -2.56. The van der Waals surface area contributed by atoms with Crippen LogP contribution in [0.4, 0.5) is 4.79 Å².